The van der Waals surface area contributed by atoms with Crippen LogP contribution in [0.3, 0.4) is 0 Å². The van der Waals surface area contributed by atoms with E-state index in [0.717, 1.165) is 0 Å². The van der Waals surface area contributed by atoms with Gasteiger partial charge in [-0.2, -0.15) is 10.2 Å². The third-order valence-electron chi connectivity index (χ3n) is 11.0. The Bertz CT molecular complexity index is 2860. The zero-order valence-electron chi connectivity index (χ0n) is 32.9. The van der Waals surface area contributed by atoms with Crippen LogP contribution in [0.4, 0.5) is 20.2 Å². The van der Waals surface area contributed by atoms with Crippen molar-refractivity contribution in [1.29, 1.82) is 0 Å². The second-order valence-electron chi connectivity index (χ2n) is 14.8. The number of carbonyl (C=O) groups excluding carboxylic acids is 4. The normalized spacial score (nSPS) is 15.7. The SMILES string of the molecule is CNC(=O)c1cccc(NC(=O)c2nn(C)c3ccc(-c4ccc(-n5cnn(C)c5=O)cc4C#CC4CCN(c5ccc(C6CCC(=O)NC6=O)cc5F)CC4)c(F)c23)c1. The molecule has 4 heterocycles. The van der Waals surface area contributed by atoms with Crippen molar-refractivity contribution >= 4 is 45.9 Å². The summed E-state index contributed by atoms with van der Waals surface area (Å²) in [5, 5.41) is 16.0. The van der Waals surface area contributed by atoms with Gasteiger partial charge in [0.15, 0.2) is 5.69 Å². The lowest BCUT2D eigenvalue weighted by atomic mass is 9.90. The molecule has 0 spiro atoms. The third kappa shape index (κ3) is 7.52. The number of aryl methyl sites for hydroxylation is 2. The summed E-state index contributed by atoms with van der Waals surface area (Å²) in [5.41, 5.74) is 2.92. The maximum Gasteiger partial charge on any atom is 0.350 e. The molecule has 2 aliphatic heterocycles. The molecule has 4 aromatic carbocycles. The molecule has 16 heteroatoms. The van der Waals surface area contributed by atoms with Gasteiger partial charge in [-0.05, 0) is 79.4 Å². The molecular formula is C44H39F2N9O5. The van der Waals surface area contributed by atoms with Crippen LogP contribution in [0.25, 0.3) is 27.7 Å². The lowest BCUT2D eigenvalue weighted by Crippen LogP contribution is -2.39. The fourth-order valence-corrected chi connectivity index (χ4v) is 7.79. The Labute approximate surface area is 342 Å². The van der Waals surface area contributed by atoms with Crippen LogP contribution in [0.15, 0.2) is 83.9 Å². The molecule has 1 atom stereocenters. The molecular weight excluding hydrogens is 773 g/mol. The van der Waals surface area contributed by atoms with Gasteiger partial charge in [0.1, 0.15) is 18.0 Å². The van der Waals surface area contributed by atoms with Crippen LogP contribution in [0.2, 0.25) is 0 Å². The number of nitrogens with zero attached hydrogens (tertiary/aromatic N) is 6. The highest BCUT2D eigenvalue weighted by atomic mass is 19.1. The van der Waals surface area contributed by atoms with E-state index >= 15 is 8.78 Å². The smallest absolute Gasteiger partial charge is 0.350 e. The Balaban J connectivity index is 1.08. The van der Waals surface area contributed by atoms with E-state index in [-0.39, 0.29) is 46.5 Å². The van der Waals surface area contributed by atoms with Gasteiger partial charge in [0.2, 0.25) is 11.8 Å². The number of anilines is 2. The highest BCUT2D eigenvalue weighted by Crippen LogP contribution is 2.35. The summed E-state index contributed by atoms with van der Waals surface area (Å²) in [6, 6.07) is 19.4. The van der Waals surface area contributed by atoms with E-state index in [0.29, 0.717) is 77.2 Å². The number of carbonyl (C=O) groups is 4. The van der Waals surface area contributed by atoms with Crippen molar-refractivity contribution in [3.8, 4) is 28.7 Å². The van der Waals surface area contributed by atoms with Crippen LogP contribution >= 0.6 is 0 Å². The van der Waals surface area contributed by atoms with Crippen molar-refractivity contribution in [2.45, 2.75) is 31.6 Å². The van der Waals surface area contributed by atoms with Crippen molar-refractivity contribution < 1.29 is 28.0 Å². The molecule has 14 nitrogen and oxygen atoms in total. The van der Waals surface area contributed by atoms with E-state index in [1.54, 1.807) is 67.7 Å². The second-order valence-corrected chi connectivity index (χ2v) is 14.8. The van der Waals surface area contributed by atoms with Crippen LogP contribution < -0.4 is 26.5 Å². The molecule has 304 valence electrons. The average molecular weight is 812 g/mol. The number of benzene rings is 4. The molecule has 60 heavy (non-hydrogen) atoms. The summed E-state index contributed by atoms with van der Waals surface area (Å²) in [6.45, 7) is 1.03. The zero-order valence-corrected chi connectivity index (χ0v) is 32.9. The van der Waals surface area contributed by atoms with Crippen LogP contribution in [-0.4, -0.2) is 67.9 Å². The van der Waals surface area contributed by atoms with E-state index in [9.17, 15) is 24.0 Å². The molecule has 0 aliphatic carbocycles. The molecule has 3 N–H and O–H groups in total. The maximum absolute atomic E-state index is 16.9. The van der Waals surface area contributed by atoms with Crippen molar-refractivity contribution in [3.05, 3.63) is 124 Å². The molecule has 0 radical (unpaired) electrons. The predicted octanol–water partition coefficient (Wildman–Crippen LogP) is 4.80. The van der Waals surface area contributed by atoms with Crippen LogP contribution in [0.1, 0.15) is 63.6 Å². The first-order valence-electron chi connectivity index (χ1n) is 19.3. The van der Waals surface area contributed by atoms with E-state index in [1.165, 1.54) is 46.5 Å². The Morgan fingerprint density at radius 1 is 0.883 bits per heavy atom. The Morgan fingerprint density at radius 2 is 1.67 bits per heavy atom. The van der Waals surface area contributed by atoms with Crippen molar-refractivity contribution in [2.24, 2.45) is 20.0 Å². The Hall–Kier alpha value is -7.41. The molecule has 4 amide bonds. The van der Waals surface area contributed by atoms with Gasteiger partial charge >= 0.3 is 5.69 Å². The molecule has 0 bridgehead atoms. The number of hydrogen-bond donors (Lipinski definition) is 3. The highest BCUT2D eigenvalue weighted by molar-refractivity contribution is 6.12. The molecule has 2 aliphatic rings. The van der Waals surface area contributed by atoms with Gasteiger partial charge in [-0.3, -0.25) is 29.2 Å². The summed E-state index contributed by atoms with van der Waals surface area (Å²) in [5.74, 6) is 3.03. The molecule has 2 aromatic heterocycles. The number of nitrogens with one attached hydrogen (secondary N) is 3. The van der Waals surface area contributed by atoms with E-state index in [2.05, 4.69) is 38.0 Å². The molecule has 0 saturated carbocycles. The summed E-state index contributed by atoms with van der Waals surface area (Å²) < 4.78 is 36.4. The van der Waals surface area contributed by atoms with Gasteiger partial charge in [0, 0.05) is 74.5 Å². The first-order valence-corrected chi connectivity index (χ1v) is 19.3. The minimum atomic E-state index is -0.696. The van der Waals surface area contributed by atoms with Crippen molar-refractivity contribution in [3.63, 3.8) is 0 Å². The van der Waals surface area contributed by atoms with Crippen LogP contribution in [-0.2, 0) is 23.7 Å². The van der Waals surface area contributed by atoms with E-state index in [4.69, 9.17) is 0 Å². The largest absolute Gasteiger partial charge is 0.369 e. The summed E-state index contributed by atoms with van der Waals surface area (Å²) in [7, 11) is 4.64. The van der Waals surface area contributed by atoms with Crippen LogP contribution in [0, 0.1) is 29.4 Å². The lowest BCUT2D eigenvalue weighted by molar-refractivity contribution is -0.134. The summed E-state index contributed by atoms with van der Waals surface area (Å²) >= 11 is 0. The number of halogens is 2. The van der Waals surface area contributed by atoms with Crippen molar-refractivity contribution in [1.82, 2.24) is 34.8 Å². The highest BCUT2D eigenvalue weighted by Gasteiger charge is 2.30. The Morgan fingerprint density at radius 3 is 2.38 bits per heavy atom. The number of aromatic nitrogens is 5. The predicted molar refractivity (Wildman–Crippen MR) is 220 cm³/mol. The van der Waals surface area contributed by atoms with Gasteiger partial charge in [-0.25, -0.2) is 22.8 Å². The lowest BCUT2D eigenvalue weighted by Gasteiger charge is -2.32. The monoisotopic (exact) mass is 811 g/mol. The van der Waals surface area contributed by atoms with Gasteiger partial charge in [-0.1, -0.05) is 30.0 Å². The second kappa shape index (κ2) is 16.1. The van der Waals surface area contributed by atoms with Gasteiger partial charge in [0.05, 0.1) is 28.2 Å². The molecule has 8 rings (SSSR count). The topological polar surface area (TPSA) is 165 Å². The third-order valence-corrected chi connectivity index (χ3v) is 11.0. The quantitative estimate of drug-likeness (QED) is 0.153. The first-order chi connectivity index (χ1) is 28.9. The molecule has 1 unspecified atom stereocenters. The first kappa shape index (κ1) is 39.4. The fraction of sp³-hybridized carbons (Fsp3) is 0.250. The van der Waals surface area contributed by atoms with Gasteiger partial charge < -0.3 is 15.5 Å². The van der Waals surface area contributed by atoms with Gasteiger partial charge in [-0.15, -0.1) is 0 Å². The minimum Gasteiger partial charge on any atom is -0.369 e. The van der Waals surface area contributed by atoms with E-state index < -0.39 is 29.4 Å². The standard InChI is InChI=1S/C44H39F2N9O5/c1-47-41(57)28-5-4-6-29(21-28)49-43(59)40-38-36(52(2)51-40)15-12-33(39(38)46)31-11-10-30(55-24-48-53(3)44(55)60)22-26(31)8-7-25-17-19-54(20-18-25)35-14-9-27(23-34(35)45)32-13-16-37(56)50-42(32)58/h4-6,9-12,14-15,21-25,32H,13,16-20H2,1-3H3,(H,47,57)(H,49,59)(H,50,56,58). The minimum absolute atomic E-state index is 0.00818. The Kier molecular flexibility index (Phi) is 10.6. The summed E-state index contributed by atoms with van der Waals surface area (Å²) in [4.78, 5) is 64.6. The maximum atomic E-state index is 16.9. The summed E-state index contributed by atoms with van der Waals surface area (Å²) in [6.07, 6.45) is 3.14. The number of fused-ring (bicyclic) bond motifs is 1. The molecule has 2 fully saturated rings. The van der Waals surface area contributed by atoms with Gasteiger partial charge in [0.25, 0.3) is 11.8 Å². The number of imide groups is 1. The van der Waals surface area contributed by atoms with E-state index in [1.807, 2.05) is 4.90 Å². The van der Waals surface area contributed by atoms with Crippen LogP contribution in [0.5, 0.6) is 0 Å². The molecule has 6 aromatic rings. The number of hydrogen-bond acceptors (Lipinski definition) is 8. The average Bonchev–Trinajstić information content (AvgIpc) is 3.77. The number of rotatable bonds is 7. The number of piperidine rings is 2. The van der Waals surface area contributed by atoms with Crippen molar-refractivity contribution in [2.75, 3.05) is 30.4 Å². The molecule has 2 saturated heterocycles. The zero-order chi connectivity index (χ0) is 42.2. The fourth-order valence-electron chi connectivity index (χ4n) is 7.79. The number of amides is 4.